The maximum absolute atomic E-state index is 12.7. The van der Waals surface area contributed by atoms with Gasteiger partial charge in [0.15, 0.2) is 0 Å². The molecule has 13 heteroatoms. The molecule has 0 radical (unpaired) electrons. The van der Waals surface area contributed by atoms with Gasteiger partial charge in [0.2, 0.25) is 0 Å². The Balaban J connectivity index is 0.000000638. The van der Waals surface area contributed by atoms with Crippen LogP contribution >= 0.6 is 0 Å². The quantitative estimate of drug-likeness (QED) is 0.344. The zero-order chi connectivity index (χ0) is 28.5. The first-order chi connectivity index (χ1) is 17.8. The molecule has 0 atom stereocenters. The largest absolute Gasteiger partial charge is 0.490 e. The molecule has 0 saturated carbocycles. The van der Waals surface area contributed by atoms with Gasteiger partial charge >= 0.3 is 18.1 Å². The summed E-state index contributed by atoms with van der Waals surface area (Å²) >= 11 is 0. The topological polar surface area (TPSA) is 137 Å². The molecular weight excluding hydrogens is 527 g/mol. The number of alkyl halides is 3. The molecule has 0 fully saturated rings. The molecule has 3 rings (SSSR count). The first-order valence-corrected chi connectivity index (χ1v) is 12.7. The van der Waals surface area contributed by atoms with Crippen LogP contribution in [0.4, 0.5) is 24.7 Å². The third-order valence-corrected chi connectivity index (χ3v) is 6.53. The molecule has 0 aliphatic carbocycles. The predicted molar refractivity (Wildman–Crippen MR) is 135 cm³/mol. The first kappa shape index (κ1) is 30.1. The number of aromatic nitrogens is 1. The Morgan fingerprint density at radius 1 is 0.974 bits per heavy atom. The molecule has 1 aromatic heterocycles. The summed E-state index contributed by atoms with van der Waals surface area (Å²) in [7, 11) is -3.86. The Hall–Kier alpha value is -4.13. The monoisotopic (exact) mass is 553 g/mol. The third kappa shape index (κ3) is 8.47. The van der Waals surface area contributed by atoms with Gasteiger partial charge in [-0.25, -0.2) is 23.0 Å². The highest BCUT2D eigenvalue weighted by molar-refractivity contribution is 7.92. The van der Waals surface area contributed by atoms with Crippen LogP contribution in [0.15, 0.2) is 71.8 Å². The van der Waals surface area contributed by atoms with E-state index in [9.17, 15) is 31.5 Å². The minimum atomic E-state index is -5.08. The summed E-state index contributed by atoms with van der Waals surface area (Å²) < 4.78 is 59.6. The van der Waals surface area contributed by atoms with Gasteiger partial charge in [-0.3, -0.25) is 4.72 Å². The van der Waals surface area contributed by atoms with E-state index in [0.717, 1.165) is 17.5 Å². The molecule has 38 heavy (non-hydrogen) atoms. The first-order valence-electron chi connectivity index (χ1n) is 11.2. The van der Waals surface area contributed by atoms with E-state index < -0.39 is 28.1 Å². The molecule has 0 bridgehead atoms. The minimum absolute atomic E-state index is 0.0701. The number of hydrogen-bond acceptors (Lipinski definition) is 6. The summed E-state index contributed by atoms with van der Waals surface area (Å²) in [5.74, 6) is -3.65. The number of sulfonamides is 1. The van der Waals surface area contributed by atoms with Gasteiger partial charge in [-0.2, -0.15) is 13.2 Å². The summed E-state index contributed by atoms with van der Waals surface area (Å²) in [5, 5.41) is 16.9. The molecule has 2 aromatic carbocycles. The van der Waals surface area contributed by atoms with Crippen molar-refractivity contribution >= 4 is 33.5 Å². The zero-order valence-corrected chi connectivity index (χ0v) is 21.3. The summed E-state index contributed by atoms with van der Waals surface area (Å²) in [6.07, 6.45) is -2.94. The molecule has 0 spiro atoms. The van der Waals surface area contributed by atoms with E-state index in [4.69, 9.17) is 9.90 Å². The van der Waals surface area contributed by atoms with Crippen LogP contribution in [0.3, 0.4) is 0 Å². The van der Waals surface area contributed by atoms with Crippen LogP contribution < -0.4 is 9.62 Å². The van der Waals surface area contributed by atoms with Crippen molar-refractivity contribution < 1.29 is 41.4 Å². The molecule has 1 heterocycles. The van der Waals surface area contributed by atoms with Crippen LogP contribution in [0.25, 0.3) is 0 Å². The highest BCUT2D eigenvalue weighted by Gasteiger charge is 2.38. The second kappa shape index (κ2) is 12.9. The molecule has 9 nitrogen and oxygen atoms in total. The summed E-state index contributed by atoms with van der Waals surface area (Å²) in [6.45, 7) is 4.92. The smallest absolute Gasteiger partial charge is 0.478 e. The highest BCUT2D eigenvalue weighted by atomic mass is 32.2. The van der Waals surface area contributed by atoms with Crippen LogP contribution in [-0.4, -0.2) is 48.3 Å². The van der Waals surface area contributed by atoms with Gasteiger partial charge < -0.3 is 15.1 Å². The number of aryl methyl sites for hydroxylation is 1. The molecule has 3 N–H and O–H groups in total. The standard InChI is InChI=1S/C23H25N3O4S.C2HF3O2/c1-3-17-10-12-20(13-11-17)31(29,30)25-19-14-21(23(27)28)22(24-15-19)26(4-2)16-18-8-6-5-7-9-18;3-2(4,5)1(6)7/h5-15,25H,3-4,16H2,1-2H3,(H,27,28);(H,6,7). The number of halogens is 3. The number of carbonyl (C=O) groups is 2. The number of anilines is 2. The summed E-state index contributed by atoms with van der Waals surface area (Å²) in [4.78, 5) is 27.0. The number of hydrogen-bond donors (Lipinski definition) is 3. The number of pyridine rings is 1. The number of aliphatic carboxylic acids is 1. The number of rotatable bonds is 9. The highest BCUT2D eigenvalue weighted by Crippen LogP contribution is 2.25. The lowest BCUT2D eigenvalue weighted by atomic mass is 10.2. The maximum Gasteiger partial charge on any atom is 0.490 e. The van der Waals surface area contributed by atoms with E-state index in [-0.39, 0.29) is 22.0 Å². The van der Waals surface area contributed by atoms with Gasteiger partial charge in [0.25, 0.3) is 10.0 Å². The van der Waals surface area contributed by atoms with Crippen molar-refractivity contribution in [2.24, 2.45) is 0 Å². The number of benzene rings is 2. The summed E-state index contributed by atoms with van der Waals surface area (Å²) in [5.41, 5.74) is 2.06. The van der Waals surface area contributed by atoms with E-state index in [0.29, 0.717) is 13.1 Å². The Bertz CT molecular complexity index is 1350. The lowest BCUT2D eigenvalue weighted by Crippen LogP contribution is -2.25. The molecule has 0 aliphatic heterocycles. The molecule has 3 aromatic rings. The fraction of sp³-hybridized carbons (Fsp3) is 0.240. The molecule has 0 saturated heterocycles. The number of carboxylic acid groups (broad SMARTS) is 2. The lowest BCUT2D eigenvalue weighted by molar-refractivity contribution is -0.192. The van der Waals surface area contributed by atoms with Gasteiger partial charge in [0.05, 0.1) is 16.8 Å². The molecule has 0 unspecified atom stereocenters. The van der Waals surface area contributed by atoms with Crippen molar-refractivity contribution in [1.29, 1.82) is 0 Å². The van der Waals surface area contributed by atoms with Crippen LogP contribution in [0.1, 0.15) is 35.3 Å². The average Bonchev–Trinajstić information content (AvgIpc) is 2.87. The second-order valence-electron chi connectivity index (χ2n) is 7.81. The van der Waals surface area contributed by atoms with Gasteiger partial charge in [0, 0.05) is 13.1 Å². The Labute approximate surface area is 217 Å². The van der Waals surface area contributed by atoms with E-state index in [2.05, 4.69) is 9.71 Å². The molecule has 0 amide bonds. The fourth-order valence-electron chi connectivity index (χ4n) is 3.18. The lowest BCUT2D eigenvalue weighted by Gasteiger charge is -2.24. The Morgan fingerprint density at radius 3 is 2.03 bits per heavy atom. The second-order valence-corrected chi connectivity index (χ2v) is 9.49. The van der Waals surface area contributed by atoms with Crippen molar-refractivity contribution in [3.63, 3.8) is 0 Å². The van der Waals surface area contributed by atoms with E-state index in [1.807, 2.05) is 49.1 Å². The fourth-order valence-corrected chi connectivity index (χ4v) is 4.22. The van der Waals surface area contributed by atoms with Crippen LogP contribution in [0.2, 0.25) is 0 Å². The molecule has 204 valence electrons. The van der Waals surface area contributed by atoms with Gasteiger partial charge in [-0.05, 0) is 42.7 Å². The Kier molecular flexibility index (Phi) is 10.2. The SMILES string of the molecule is CCc1ccc(S(=O)(=O)Nc2cnc(N(CC)Cc3ccccc3)c(C(=O)O)c2)cc1.O=C(O)C(F)(F)F. The van der Waals surface area contributed by atoms with Crippen molar-refractivity contribution in [3.8, 4) is 0 Å². The number of aromatic carboxylic acids is 1. The van der Waals surface area contributed by atoms with E-state index >= 15 is 0 Å². The van der Waals surface area contributed by atoms with Gasteiger partial charge in [0.1, 0.15) is 11.4 Å². The van der Waals surface area contributed by atoms with Gasteiger partial charge in [-0.1, -0.05) is 49.4 Å². The molecule has 0 aliphatic rings. The number of nitrogens with zero attached hydrogens (tertiary/aromatic N) is 2. The Morgan fingerprint density at radius 2 is 1.55 bits per heavy atom. The van der Waals surface area contributed by atoms with E-state index in [1.165, 1.54) is 24.4 Å². The van der Waals surface area contributed by atoms with Crippen LogP contribution in [-0.2, 0) is 27.8 Å². The average molecular weight is 554 g/mol. The summed E-state index contributed by atoms with van der Waals surface area (Å²) in [6, 6.07) is 17.5. The normalized spacial score (nSPS) is 11.2. The van der Waals surface area contributed by atoms with Gasteiger partial charge in [-0.15, -0.1) is 0 Å². The van der Waals surface area contributed by atoms with Crippen molar-refractivity contribution in [2.45, 2.75) is 37.9 Å². The predicted octanol–water partition coefficient (Wildman–Crippen LogP) is 4.80. The van der Waals surface area contributed by atoms with Crippen molar-refractivity contribution in [2.75, 3.05) is 16.2 Å². The minimum Gasteiger partial charge on any atom is -0.478 e. The number of nitrogens with one attached hydrogen (secondary N) is 1. The van der Waals surface area contributed by atoms with E-state index in [1.54, 1.807) is 12.1 Å². The van der Waals surface area contributed by atoms with Crippen LogP contribution in [0.5, 0.6) is 0 Å². The maximum atomic E-state index is 12.7. The van der Waals surface area contributed by atoms with Crippen LogP contribution in [0, 0.1) is 0 Å². The van der Waals surface area contributed by atoms with Crippen molar-refractivity contribution in [1.82, 2.24) is 4.98 Å². The number of carboxylic acids is 2. The van der Waals surface area contributed by atoms with Crippen molar-refractivity contribution in [3.05, 3.63) is 83.6 Å². The molecular formula is C25H26F3N3O6S. The zero-order valence-electron chi connectivity index (χ0n) is 20.4. The third-order valence-electron chi connectivity index (χ3n) is 5.13.